The summed E-state index contributed by atoms with van der Waals surface area (Å²) < 4.78 is 0.314. The Bertz CT molecular complexity index is 170. The Kier molecular flexibility index (Phi) is 2.55. The van der Waals surface area contributed by atoms with Crippen molar-refractivity contribution in [3.05, 3.63) is 23.8 Å². The van der Waals surface area contributed by atoms with E-state index in [9.17, 15) is 0 Å². The third-order valence-electron chi connectivity index (χ3n) is 1.68. The molecule has 0 atom stereocenters. The summed E-state index contributed by atoms with van der Waals surface area (Å²) >= 11 is 2.48. The van der Waals surface area contributed by atoms with Crippen LogP contribution in [-0.2, 0) is 0 Å². The minimum atomic E-state index is 0.314. The third kappa shape index (κ3) is 2.11. The van der Waals surface area contributed by atoms with E-state index in [1.165, 1.54) is 18.4 Å². The first-order chi connectivity index (χ1) is 4.61. The molecule has 1 heteroatoms. The van der Waals surface area contributed by atoms with E-state index in [4.69, 9.17) is 0 Å². The quantitative estimate of drug-likeness (QED) is 0.492. The highest BCUT2D eigenvalue weighted by molar-refractivity contribution is 14.1. The van der Waals surface area contributed by atoms with Crippen molar-refractivity contribution in [3.63, 3.8) is 0 Å². The van der Waals surface area contributed by atoms with Crippen molar-refractivity contribution in [2.24, 2.45) is 0 Å². The van der Waals surface area contributed by atoms with Crippen LogP contribution in [0, 0.1) is 0 Å². The van der Waals surface area contributed by atoms with Crippen LogP contribution in [0.1, 0.15) is 26.7 Å². The molecule has 0 amide bonds. The molecule has 0 unspecified atom stereocenters. The summed E-state index contributed by atoms with van der Waals surface area (Å²) in [6, 6.07) is 0. The van der Waals surface area contributed by atoms with Gasteiger partial charge in [-0.3, -0.25) is 0 Å². The molecule has 0 aliphatic heterocycles. The van der Waals surface area contributed by atoms with E-state index in [0.29, 0.717) is 3.42 Å². The fourth-order valence-electron chi connectivity index (χ4n) is 1.05. The van der Waals surface area contributed by atoms with Gasteiger partial charge in [0.25, 0.3) is 0 Å². The molecule has 0 spiro atoms. The molecule has 0 nitrogen and oxygen atoms in total. The molecule has 0 aromatic carbocycles. The Morgan fingerprint density at radius 2 is 2.10 bits per heavy atom. The molecule has 0 aromatic rings. The van der Waals surface area contributed by atoms with Gasteiger partial charge in [0, 0.05) is 3.42 Å². The summed E-state index contributed by atoms with van der Waals surface area (Å²) in [6.07, 6.45) is 9.28. The summed E-state index contributed by atoms with van der Waals surface area (Å²) in [5.74, 6) is 0. The van der Waals surface area contributed by atoms with Crippen molar-refractivity contribution in [1.82, 2.24) is 0 Å². The van der Waals surface area contributed by atoms with E-state index in [1.54, 1.807) is 0 Å². The van der Waals surface area contributed by atoms with Crippen LogP contribution >= 0.6 is 22.6 Å². The van der Waals surface area contributed by atoms with Crippen molar-refractivity contribution < 1.29 is 0 Å². The van der Waals surface area contributed by atoms with Crippen molar-refractivity contribution in [2.75, 3.05) is 0 Å². The standard InChI is InChI=1S/C9H13I/c1-9(2,10)8-6-4-3-5-7-8/h4,6-7H,3,5H2,1-2H3. The van der Waals surface area contributed by atoms with Gasteiger partial charge in [0.1, 0.15) is 0 Å². The Labute approximate surface area is 76.5 Å². The van der Waals surface area contributed by atoms with Crippen molar-refractivity contribution >= 4 is 22.6 Å². The molecule has 0 aromatic heterocycles. The van der Waals surface area contributed by atoms with Gasteiger partial charge in [-0.1, -0.05) is 40.8 Å². The average molecular weight is 248 g/mol. The van der Waals surface area contributed by atoms with Crippen LogP contribution in [0.2, 0.25) is 0 Å². The van der Waals surface area contributed by atoms with Crippen molar-refractivity contribution in [2.45, 2.75) is 30.1 Å². The van der Waals surface area contributed by atoms with E-state index < -0.39 is 0 Å². The Hall–Kier alpha value is 0.210. The van der Waals surface area contributed by atoms with Gasteiger partial charge >= 0.3 is 0 Å². The second-order valence-corrected chi connectivity index (χ2v) is 5.81. The van der Waals surface area contributed by atoms with Gasteiger partial charge in [0.05, 0.1) is 0 Å². The maximum atomic E-state index is 2.48. The normalized spacial score (nSPS) is 18.9. The molecule has 10 heavy (non-hydrogen) atoms. The van der Waals surface area contributed by atoms with E-state index in [0.717, 1.165) is 0 Å². The van der Waals surface area contributed by atoms with Crippen LogP contribution in [0.25, 0.3) is 0 Å². The van der Waals surface area contributed by atoms with Crippen LogP contribution in [0.3, 0.4) is 0 Å². The highest BCUT2D eigenvalue weighted by Gasteiger charge is 2.16. The van der Waals surface area contributed by atoms with E-state index in [-0.39, 0.29) is 0 Å². The fraction of sp³-hybridized carbons (Fsp3) is 0.556. The van der Waals surface area contributed by atoms with Crippen molar-refractivity contribution in [3.8, 4) is 0 Å². The van der Waals surface area contributed by atoms with E-state index >= 15 is 0 Å². The summed E-state index contributed by atoms with van der Waals surface area (Å²) in [5.41, 5.74) is 1.47. The molecular weight excluding hydrogens is 235 g/mol. The second-order valence-electron chi connectivity index (χ2n) is 3.11. The molecule has 0 bridgehead atoms. The minimum Gasteiger partial charge on any atom is -0.0839 e. The Morgan fingerprint density at radius 3 is 2.40 bits per heavy atom. The lowest BCUT2D eigenvalue weighted by Crippen LogP contribution is -2.12. The first-order valence-electron chi connectivity index (χ1n) is 3.67. The van der Waals surface area contributed by atoms with Gasteiger partial charge in [-0.2, -0.15) is 0 Å². The molecule has 0 fully saturated rings. The monoisotopic (exact) mass is 248 g/mol. The van der Waals surface area contributed by atoms with Crippen LogP contribution < -0.4 is 0 Å². The smallest absolute Gasteiger partial charge is 0.0410 e. The van der Waals surface area contributed by atoms with Crippen LogP contribution in [0.4, 0.5) is 0 Å². The highest BCUT2D eigenvalue weighted by Crippen LogP contribution is 2.30. The zero-order chi connectivity index (χ0) is 7.61. The van der Waals surface area contributed by atoms with Gasteiger partial charge in [-0.15, -0.1) is 0 Å². The maximum Gasteiger partial charge on any atom is 0.0410 e. The molecule has 0 heterocycles. The molecule has 1 aliphatic carbocycles. The Morgan fingerprint density at radius 1 is 1.40 bits per heavy atom. The molecule has 0 saturated carbocycles. The predicted molar refractivity (Wildman–Crippen MR) is 54.6 cm³/mol. The van der Waals surface area contributed by atoms with E-state index in [2.05, 4.69) is 54.7 Å². The topological polar surface area (TPSA) is 0 Å². The SMILES string of the molecule is CC(C)(I)C1=CCCC=C1. The largest absolute Gasteiger partial charge is 0.0839 e. The second kappa shape index (κ2) is 3.07. The highest BCUT2D eigenvalue weighted by atomic mass is 127. The molecule has 0 radical (unpaired) electrons. The first kappa shape index (κ1) is 8.31. The van der Waals surface area contributed by atoms with E-state index in [1.807, 2.05) is 0 Å². The number of rotatable bonds is 1. The predicted octanol–water partition coefficient (Wildman–Crippen LogP) is 3.48. The molecule has 0 saturated heterocycles. The fourth-order valence-corrected chi connectivity index (χ4v) is 1.45. The molecule has 56 valence electrons. The van der Waals surface area contributed by atoms with Crippen LogP contribution in [0.15, 0.2) is 23.8 Å². The zero-order valence-electron chi connectivity index (χ0n) is 6.52. The lowest BCUT2D eigenvalue weighted by Gasteiger charge is -2.19. The number of allylic oxidation sites excluding steroid dienone is 4. The maximum absolute atomic E-state index is 2.48. The molecular formula is C9H13I. The molecule has 0 N–H and O–H groups in total. The lowest BCUT2D eigenvalue weighted by molar-refractivity contribution is 0.867. The number of alkyl halides is 1. The molecule has 1 rings (SSSR count). The minimum absolute atomic E-state index is 0.314. The lowest BCUT2D eigenvalue weighted by atomic mass is 9.97. The summed E-state index contributed by atoms with van der Waals surface area (Å²) in [5, 5.41) is 0. The third-order valence-corrected chi connectivity index (χ3v) is 2.30. The van der Waals surface area contributed by atoms with Crippen LogP contribution in [-0.4, -0.2) is 3.42 Å². The summed E-state index contributed by atoms with van der Waals surface area (Å²) in [4.78, 5) is 0. The van der Waals surface area contributed by atoms with Gasteiger partial charge < -0.3 is 0 Å². The Balaban J connectivity index is 2.73. The first-order valence-corrected chi connectivity index (χ1v) is 4.74. The van der Waals surface area contributed by atoms with Crippen molar-refractivity contribution in [1.29, 1.82) is 0 Å². The zero-order valence-corrected chi connectivity index (χ0v) is 8.68. The average Bonchev–Trinajstić information content (AvgIpc) is 1.88. The van der Waals surface area contributed by atoms with Gasteiger partial charge in [-0.25, -0.2) is 0 Å². The van der Waals surface area contributed by atoms with Gasteiger partial charge in [0.2, 0.25) is 0 Å². The van der Waals surface area contributed by atoms with Crippen LogP contribution in [0.5, 0.6) is 0 Å². The summed E-state index contributed by atoms with van der Waals surface area (Å²) in [7, 11) is 0. The number of halogens is 1. The summed E-state index contributed by atoms with van der Waals surface area (Å²) in [6.45, 7) is 4.49. The number of hydrogen-bond acceptors (Lipinski definition) is 0. The van der Waals surface area contributed by atoms with Gasteiger partial charge in [0.15, 0.2) is 0 Å². The molecule has 1 aliphatic rings. The number of hydrogen-bond donors (Lipinski definition) is 0. The van der Waals surface area contributed by atoms with Gasteiger partial charge in [-0.05, 0) is 32.3 Å².